The SMILES string of the molecule is COc1ccc(C2SCC(=O)N2CCCN(C)C)c(OC)c1OC. The van der Waals surface area contributed by atoms with E-state index < -0.39 is 0 Å². The number of carbonyl (C=O) groups excluding carboxylic acids is 1. The molecule has 0 aromatic heterocycles. The van der Waals surface area contributed by atoms with E-state index >= 15 is 0 Å². The number of methoxy groups -OCH3 is 3. The van der Waals surface area contributed by atoms with Gasteiger partial charge in [0, 0.05) is 12.1 Å². The van der Waals surface area contributed by atoms with Crippen molar-refractivity contribution >= 4 is 17.7 Å². The predicted molar refractivity (Wildman–Crippen MR) is 96.2 cm³/mol. The minimum absolute atomic E-state index is 0.0607. The number of carbonyl (C=O) groups is 1. The number of rotatable bonds is 8. The fourth-order valence-corrected chi connectivity index (χ4v) is 4.06. The Hall–Kier alpha value is -1.60. The molecule has 0 aliphatic carbocycles. The van der Waals surface area contributed by atoms with Gasteiger partial charge in [0.05, 0.1) is 27.1 Å². The monoisotopic (exact) mass is 354 g/mol. The first-order chi connectivity index (χ1) is 11.5. The minimum Gasteiger partial charge on any atom is -0.493 e. The highest BCUT2D eigenvalue weighted by Gasteiger charge is 2.35. The third-order valence-corrected chi connectivity index (χ3v) is 5.21. The molecule has 2 rings (SSSR count). The zero-order chi connectivity index (χ0) is 17.7. The summed E-state index contributed by atoms with van der Waals surface area (Å²) in [6.07, 6.45) is 0.936. The Balaban J connectivity index is 2.29. The number of thioether (sulfide) groups is 1. The van der Waals surface area contributed by atoms with Gasteiger partial charge in [0.25, 0.3) is 0 Å². The van der Waals surface area contributed by atoms with Crippen LogP contribution in [-0.4, -0.2) is 70.0 Å². The molecule has 0 bridgehead atoms. The van der Waals surface area contributed by atoms with Gasteiger partial charge in [0.1, 0.15) is 5.37 Å². The van der Waals surface area contributed by atoms with Gasteiger partial charge in [0.15, 0.2) is 11.5 Å². The number of hydrogen-bond donors (Lipinski definition) is 0. The van der Waals surface area contributed by atoms with Gasteiger partial charge in [-0.05, 0) is 39.2 Å². The van der Waals surface area contributed by atoms with Crippen LogP contribution in [0.1, 0.15) is 17.4 Å². The fraction of sp³-hybridized carbons (Fsp3) is 0.588. The van der Waals surface area contributed by atoms with Gasteiger partial charge in [-0.25, -0.2) is 0 Å². The van der Waals surface area contributed by atoms with Gasteiger partial charge in [-0.2, -0.15) is 0 Å². The Labute approximate surface area is 148 Å². The maximum atomic E-state index is 12.3. The molecule has 7 heteroatoms. The highest BCUT2D eigenvalue weighted by molar-refractivity contribution is 8.00. The molecular formula is C17H26N2O4S. The van der Waals surface area contributed by atoms with Crippen LogP contribution < -0.4 is 14.2 Å². The maximum absolute atomic E-state index is 12.3. The van der Waals surface area contributed by atoms with E-state index in [0.29, 0.717) is 23.0 Å². The van der Waals surface area contributed by atoms with Crippen LogP contribution in [-0.2, 0) is 4.79 Å². The van der Waals surface area contributed by atoms with Gasteiger partial charge < -0.3 is 24.0 Å². The Morgan fingerprint density at radius 1 is 1.17 bits per heavy atom. The minimum atomic E-state index is -0.0607. The summed E-state index contributed by atoms with van der Waals surface area (Å²) < 4.78 is 16.4. The van der Waals surface area contributed by atoms with Gasteiger partial charge in [-0.1, -0.05) is 0 Å². The number of hydrogen-bond acceptors (Lipinski definition) is 6. The van der Waals surface area contributed by atoms with Crippen LogP contribution in [0.25, 0.3) is 0 Å². The highest BCUT2D eigenvalue weighted by Crippen LogP contribution is 2.48. The molecule has 0 saturated carbocycles. The lowest BCUT2D eigenvalue weighted by atomic mass is 10.1. The standard InChI is InChI=1S/C17H26N2O4S/c1-18(2)9-6-10-19-14(20)11-24-17(19)12-7-8-13(21-3)16(23-5)15(12)22-4/h7-8,17H,6,9-11H2,1-5H3. The van der Waals surface area contributed by atoms with E-state index in [9.17, 15) is 4.79 Å². The van der Waals surface area contributed by atoms with Gasteiger partial charge in [0.2, 0.25) is 11.7 Å². The summed E-state index contributed by atoms with van der Waals surface area (Å²) in [4.78, 5) is 16.4. The average Bonchev–Trinajstić information content (AvgIpc) is 2.93. The van der Waals surface area contributed by atoms with E-state index in [4.69, 9.17) is 14.2 Å². The summed E-state index contributed by atoms with van der Waals surface area (Å²) in [6, 6.07) is 3.81. The summed E-state index contributed by atoms with van der Waals surface area (Å²) >= 11 is 1.62. The molecule has 1 aromatic rings. The van der Waals surface area contributed by atoms with Crippen LogP contribution in [0.3, 0.4) is 0 Å². The van der Waals surface area contributed by atoms with Gasteiger partial charge in [-0.15, -0.1) is 11.8 Å². The van der Waals surface area contributed by atoms with Crippen LogP contribution in [0.4, 0.5) is 0 Å². The van der Waals surface area contributed by atoms with Gasteiger partial charge >= 0.3 is 0 Å². The van der Waals surface area contributed by atoms with Crippen molar-refractivity contribution in [1.29, 1.82) is 0 Å². The van der Waals surface area contributed by atoms with E-state index in [0.717, 1.165) is 25.1 Å². The predicted octanol–water partition coefficient (Wildman–Crippen LogP) is 2.24. The third kappa shape index (κ3) is 3.89. The zero-order valence-corrected chi connectivity index (χ0v) is 15.8. The lowest BCUT2D eigenvalue weighted by molar-refractivity contribution is -0.128. The van der Waals surface area contributed by atoms with Crippen LogP contribution in [0.2, 0.25) is 0 Å². The molecule has 1 aliphatic heterocycles. The quantitative estimate of drug-likeness (QED) is 0.714. The first-order valence-corrected chi connectivity index (χ1v) is 8.93. The molecule has 0 spiro atoms. The number of ether oxygens (including phenoxy) is 3. The fourth-order valence-electron chi connectivity index (χ4n) is 2.83. The summed E-state index contributed by atoms with van der Waals surface area (Å²) in [5.41, 5.74) is 0.941. The second-order valence-electron chi connectivity index (χ2n) is 5.83. The van der Waals surface area contributed by atoms with Crippen molar-refractivity contribution in [3.63, 3.8) is 0 Å². The maximum Gasteiger partial charge on any atom is 0.233 e. The van der Waals surface area contributed by atoms with E-state index in [1.807, 2.05) is 31.1 Å². The molecule has 1 saturated heterocycles. The Bertz CT molecular complexity index is 580. The molecule has 1 heterocycles. The van der Waals surface area contributed by atoms with Crippen molar-refractivity contribution in [3.05, 3.63) is 17.7 Å². The lowest BCUT2D eigenvalue weighted by Gasteiger charge is -2.27. The molecule has 1 unspecified atom stereocenters. The van der Waals surface area contributed by atoms with Crippen molar-refractivity contribution in [2.45, 2.75) is 11.8 Å². The summed E-state index contributed by atoms with van der Waals surface area (Å²) in [6.45, 7) is 1.68. The van der Waals surface area contributed by atoms with E-state index in [1.165, 1.54) is 0 Å². The zero-order valence-electron chi connectivity index (χ0n) is 15.0. The van der Waals surface area contributed by atoms with Crippen LogP contribution in [0.15, 0.2) is 12.1 Å². The van der Waals surface area contributed by atoms with Crippen molar-refractivity contribution in [2.75, 3.05) is 54.3 Å². The molecule has 6 nitrogen and oxygen atoms in total. The normalized spacial score (nSPS) is 17.5. The first-order valence-electron chi connectivity index (χ1n) is 7.88. The van der Waals surface area contributed by atoms with E-state index in [2.05, 4.69) is 4.90 Å². The average molecular weight is 354 g/mol. The Morgan fingerprint density at radius 3 is 2.46 bits per heavy atom. The van der Waals surface area contributed by atoms with Crippen molar-refractivity contribution in [3.8, 4) is 17.2 Å². The molecule has 0 radical (unpaired) electrons. The first kappa shape index (κ1) is 18.7. The van der Waals surface area contributed by atoms with Crippen LogP contribution >= 0.6 is 11.8 Å². The molecule has 1 aliphatic rings. The smallest absolute Gasteiger partial charge is 0.233 e. The lowest BCUT2D eigenvalue weighted by Crippen LogP contribution is -2.31. The number of amides is 1. The number of benzene rings is 1. The topological polar surface area (TPSA) is 51.2 Å². The second-order valence-corrected chi connectivity index (χ2v) is 6.90. The largest absolute Gasteiger partial charge is 0.493 e. The summed E-state index contributed by atoms with van der Waals surface area (Å²) in [7, 11) is 8.87. The molecule has 1 aromatic carbocycles. The molecule has 1 fully saturated rings. The van der Waals surface area contributed by atoms with E-state index in [-0.39, 0.29) is 11.3 Å². The highest BCUT2D eigenvalue weighted by atomic mass is 32.2. The Kier molecular flexibility index (Phi) is 6.62. The van der Waals surface area contributed by atoms with Crippen molar-refractivity contribution < 1.29 is 19.0 Å². The van der Waals surface area contributed by atoms with Crippen molar-refractivity contribution in [1.82, 2.24) is 9.80 Å². The van der Waals surface area contributed by atoms with E-state index in [1.54, 1.807) is 33.1 Å². The molecule has 1 atom stereocenters. The molecule has 24 heavy (non-hydrogen) atoms. The number of nitrogens with zero attached hydrogens (tertiary/aromatic N) is 2. The van der Waals surface area contributed by atoms with Crippen molar-refractivity contribution in [2.24, 2.45) is 0 Å². The molecule has 1 amide bonds. The second kappa shape index (κ2) is 8.48. The molecule has 134 valence electrons. The van der Waals surface area contributed by atoms with Crippen LogP contribution in [0.5, 0.6) is 17.2 Å². The Morgan fingerprint density at radius 2 is 1.88 bits per heavy atom. The molecule has 0 N–H and O–H groups in total. The third-order valence-electron chi connectivity index (χ3n) is 3.97. The molecular weight excluding hydrogens is 328 g/mol. The van der Waals surface area contributed by atoms with Crippen LogP contribution in [0, 0.1) is 0 Å². The van der Waals surface area contributed by atoms with Gasteiger partial charge in [-0.3, -0.25) is 4.79 Å². The summed E-state index contributed by atoms with van der Waals surface area (Å²) in [5.74, 6) is 2.46. The summed E-state index contributed by atoms with van der Waals surface area (Å²) in [5, 5.41) is -0.0607.